The molecule has 1 aliphatic heterocycles. The molecule has 0 saturated carbocycles. The number of imidazole rings is 1. The molecular formula is C19H22N4OS. The summed E-state index contributed by atoms with van der Waals surface area (Å²) in [5.41, 5.74) is 2.35. The van der Waals surface area contributed by atoms with E-state index in [2.05, 4.69) is 42.5 Å². The van der Waals surface area contributed by atoms with Crippen LogP contribution >= 0.6 is 11.3 Å². The van der Waals surface area contributed by atoms with E-state index in [1.807, 2.05) is 30.6 Å². The van der Waals surface area contributed by atoms with Crippen molar-refractivity contribution in [3.8, 4) is 0 Å². The van der Waals surface area contributed by atoms with Crippen LogP contribution in [0.15, 0.2) is 53.6 Å². The highest BCUT2D eigenvalue weighted by Crippen LogP contribution is 2.19. The summed E-state index contributed by atoms with van der Waals surface area (Å²) in [5, 5.41) is 4.37. The van der Waals surface area contributed by atoms with Gasteiger partial charge in [0, 0.05) is 44.1 Å². The van der Waals surface area contributed by atoms with Crippen molar-refractivity contribution in [2.24, 2.45) is 5.92 Å². The van der Waals surface area contributed by atoms with Gasteiger partial charge in [-0.3, -0.25) is 9.88 Å². The molecule has 0 aromatic carbocycles. The van der Waals surface area contributed by atoms with Crippen LogP contribution in [0, 0.1) is 5.92 Å². The lowest BCUT2D eigenvalue weighted by molar-refractivity contribution is 0.0649. The Morgan fingerprint density at radius 3 is 3.00 bits per heavy atom. The molecule has 25 heavy (non-hydrogen) atoms. The minimum absolute atomic E-state index is 0.442. The van der Waals surface area contributed by atoms with Gasteiger partial charge >= 0.3 is 0 Å². The highest BCUT2D eigenvalue weighted by Gasteiger charge is 2.22. The molecule has 0 radical (unpaired) electrons. The second-order valence-electron chi connectivity index (χ2n) is 6.50. The smallest absolute Gasteiger partial charge is 0.122 e. The van der Waals surface area contributed by atoms with Crippen LogP contribution in [-0.2, 0) is 31.0 Å². The first-order valence-corrected chi connectivity index (χ1v) is 9.52. The number of nitrogens with zero attached hydrogens (tertiary/aromatic N) is 4. The van der Waals surface area contributed by atoms with Crippen molar-refractivity contribution in [1.29, 1.82) is 0 Å². The summed E-state index contributed by atoms with van der Waals surface area (Å²) in [4.78, 5) is 11.3. The fourth-order valence-corrected chi connectivity index (χ4v) is 3.96. The monoisotopic (exact) mass is 354 g/mol. The molecule has 1 atom stereocenters. The maximum Gasteiger partial charge on any atom is 0.122 e. The summed E-state index contributed by atoms with van der Waals surface area (Å²) in [5.74, 6) is 1.58. The van der Waals surface area contributed by atoms with Crippen LogP contribution in [0.2, 0.25) is 0 Å². The number of ether oxygens (including phenoxy) is 1. The predicted octanol–water partition coefficient (Wildman–Crippen LogP) is 3.19. The average molecular weight is 354 g/mol. The molecule has 130 valence electrons. The van der Waals surface area contributed by atoms with Crippen LogP contribution in [0.5, 0.6) is 0 Å². The SMILES string of the molecule is c1ccc(COCC2CN(Cc3ccsc3)Cc3nccn3C2)nc1. The Morgan fingerprint density at radius 1 is 1.16 bits per heavy atom. The zero-order valence-electron chi connectivity index (χ0n) is 14.1. The summed E-state index contributed by atoms with van der Waals surface area (Å²) in [6.45, 7) is 5.12. The molecule has 3 aromatic heterocycles. The van der Waals surface area contributed by atoms with E-state index in [1.54, 1.807) is 11.3 Å². The molecule has 4 rings (SSSR count). The van der Waals surface area contributed by atoms with Crippen LogP contribution in [0.3, 0.4) is 0 Å². The first-order valence-electron chi connectivity index (χ1n) is 8.58. The summed E-state index contributed by atoms with van der Waals surface area (Å²) in [6, 6.07) is 8.13. The molecule has 0 spiro atoms. The Morgan fingerprint density at radius 2 is 2.16 bits per heavy atom. The average Bonchev–Trinajstić information content (AvgIpc) is 3.25. The summed E-state index contributed by atoms with van der Waals surface area (Å²) in [6.07, 6.45) is 5.79. The van der Waals surface area contributed by atoms with Crippen LogP contribution in [0.1, 0.15) is 17.1 Å². The van der Waals surface area contributed by atoms with E-state index < -0.39 is 0 Å². The highest BCUT2D eigenvalue weighted by atomic mass is 32.1. The highest BCUT2D eigenvalue weighted by molar-refractivity contribution is 7.07. The van der Waals surface area contributed by atoms with Crippen molar-refractivity contribution >= 4 is 11.3 Å². The molecule has 3 aromatic rings. The maximum absolute atomic E-state index is 5.97. The summed E-state index contributed by atoms with van der Waals surface area (Å²) in [7, 11) is 0. The van der Waals surface area contributed by atoms with E-state index in [0.29, 0.717) is 12.5 Å². The van der Waals surface area contributed by atoms with Gasteiger partial charge in [-0.15, -0.1) is 0 Å². The Labute approximate surface area is 151 Å². The van der Waals surface area contributed by atoms with Crippen molar-refractivity contribution < 1.29 is 4.74 Å². The Hall–Kier alpha value is -2.02. The quantitative estimate of drug-likeness (QED) is 0.682. The van der Waals surface area contributed by atoms with Gasteiger partial charge in [-0.2, -0.15) is 11.3 Å². The third kappa shape index (κ3) is 4.34. The standard InChI is InChI=1S/C19H22N4OS/c1-2-5-20-18(3-1)14-24-13-17-10-22(9-16-4-8-25-15-16)12-19-21-6-7-23(19)11-17/h1-8,15,17H,9-14H2. The van der Waals surface area contributed by atoms with Crippen LogP contribution in [-0.4, -0.2) is 32.6 Å². The summed E-state index contributed by atoms with van der Waals surface area (Å²) < 4.78 is 8.24. The molecule has 4 heterocycles. The van der Waals surface area contributed by atoms with Crippen molar-refractivity contribution in [1.82, 2.24) is 19.4 Å². The number of fused-ring (bicyclic) bond motifs is 1. The minimum atomic E-state index is 0.442. The van der Waals surface area contributed by atoms with E-state index in [0.717, 1.165) is 44.3 Å². The topological polar surface area (TPSA) is 43.2 Å². The molecule has 6 heteroatoms. The summed E-state index contributed by atoms with van der Waals surface area (Å²) >= 11 is 1.75. The molecule has 5 nitrogen and oxygen atoms in total. The van der Waals surface area contributed by atoms with E-state index in [9.17, 15) is 0 Å². The van der Waals surface area contributed by atoms with E-state index in [1.165, 1.54) is 5.56 Å². The molecule has 0 fully saturated rings. The molecule has 0 saturated heterocycles. The van der Waals surface area contributed by atoms with Gasteiger partial charge in [-0.1, -0.05) is 6.07 Å². The van der Waals surface area contributed by atoms with Crippen molar-refractivity contribution in [3.63, 3.8) is 0 Å². The number of aromatic nitrogens is 3. The van der Waals surface area contributed by atoms with E-state index in [4.69, 9.17) is 4.74 Å². The van der Waals surface area contributed by atoms with Gasteiger partial charge in [0.25, 0.3) is 0 Å². The number of pyridine rings is 1. The number of thiophene rings is 1. The molecular weight excluding hydrogens is 332 g/mol. The molecule has 0 aliphatic carbocycles. The minimum Gasteiger partial charge on any atom is -0.375 e. The second-order valence-corrected chi connectivity index (χ2v) is 7.28. The van der Waals surface area contributed by atoms with Crippen molar-refractivity contribution in [2.75, 3.05) is 13.2 Å². The third-order valence-electron chi connectivity index (χ3n) is 4.45. The maximum atomic E-state index is 5.97. The van der Waals surface area contributed by atoms with Crippen LogP contribution in [0.25, 0.3) is 0 Å². The first-order chi connectivity index (χ1) is 12.4. The predicted molar refractivity (Wildman–Crippen MR) is 98.0 cm³/mol. The van der Waals surface area contributed by atoms with Gasteiger partial charge in [-0.25, -0.2) is 4.98 Å². The lowest BCUT2D eigenvalue weighted by Gasteiger charge is -2.23. The molecule has 1 unspecified atom stereocenters. The van der Waals surface area contributed by atoms with Crippen molar-refractivity contribution in [3.05, 3.63) is 70.7 Å². The van der Waals surface area contributed by atoms with E-state index in [-0.39, 0.29) is 0 Å². The fraction of sp³-hybridized carbons (Fsp3) is 0.368. The van der Waals surface area contributed by atoms with Gasteiger partial charge in [0.05, 0.1) is 25.5 Å². The Kier molecular flexibility index (Phi) is 5.20. The third-order valence-corrected chi connectivity index (χ3v) is 5.19. The first kappa shape index (κ1) is 16.4. The van der Waals surface area contributed by atoms with Gasteiger partial charge < -0.3 is 9.30 Å². The number of hydrogen-bond donors (Lipinski definition) is 0. The Balaban J connectivity index is 1.40. The van der Waals surface area contributed by atoms with Crippen LogP contribution in [0.4, 0.5) is 0 Å². The van der Waals surface area contributed by atoms with Gasteiger partial charge in [0.2, 0.25) is 0 Å². The second kappa shape index (κ2) is 7.91. The van der Waals surface area contributed by atoms with Gasteiger partial charge in [0.15, 0.2) is 0 Å². The zero-order valence-corrected chi connectivity index (χ0v) is 14.9. The van der Waals surface area contributed by atoms with E-state index >= 15 is 0 Å². The number of rotatable bonds is 6. The number of hydrogen-bond acceptors (Lipinski definition) is 5. The lowest BCUT2D eigenvalue weighted by atomic mass is 10.1. The molecule has 1 aliphatic rings. The molecule has 0 bridgehead atoms. The molecule has 0 amide bonds. The van der Waals surface area contributed by atoms with Crippen molar-refractivity contribution in [2.45, 2.75) is 26.2 Å². The zero-order chi connectivity index (χ0) is 16.9. The fourth-order valence-electron chi connectivity index (χ4n) is 3.30. The van der Waals surface area contributed by atoms with Gasteiger partial charge in [0.1, 0.15) is 5.82 Å². The largest absolute Gasteiger partial charge is 0.375 e. The molecule has 0 N–H and O–H groups in total. The van der Waals surface area contributed by atoms with Gasteiger partial charge in [-0.05, 0) is 34.5 Å². The van der Waals surface area contributed by atoms with Crippen LogP contribution < -0.4 is 0 Å². The Bertz CT molecular complexity index is 772. The lowest BCUT2D eigenvalue weighted by Crippen LogP contribution is -2.30. The normalized spacial score (nSPS) is 18.0.